The average Bonchev–Trinajstić information content (AvgIpc) is 3.30. The van der Waals surface area contributed by atoms with Crippen LogP contribution >= 0.6 is 0 Å². The van der Waals surface area contributed by atoms with Crippen molar-refractivity contribution >= 4 is 11.6 Å². The highest BCUT2D eigenvalue weighted by atomic mass is 16.3. The molecule has 0 bridgehead atoms. The fraction of sp³-hybridized carbons (Fsp3) is 0.200. The molecule has 3 aromatic rings. The van der Waals surface area contributed by atoms with E-state index in [1.807, 2.05) is 36.4 Å². The van der Waals surface area contributed by atoms with Crippen molar-refractivity contribution in [1.82, 2.24) is 9.78 Å². The minimum absolute atomic E-state index is 0.0812. The summed E-state index contributed by atoms with van der Waals surface area (Å²) in [4.78, 5) is 25.9. The summed E-state index contributed by atoms with van der Waals surface area (Å²) < 4.78 is 7.13. The van der Waals surface area contributed by atoms with Crippen molar-refractivity contribution < 1.29 is 9.21 Å². The number of hydrogen-bond acceptors (Lipinski definition) is 4. The molecule has 2 aromatic heterocycles. The first-order valence-electron chi connectivity index (χ1n) is 8.71. The van der Waals surface area contributed by atoms with Crippen molar-refractivity contribution in [3.05, 3.63) is 81.7 Å². The van der Waals surface area contributed by atoms with Gasteiger partial charge in [0.25, 0.3) is 5.56 Å². The number of anilines is 1. The molecular formula is C20H17N3O3. The maximum Gasteiger partial charge on any atom is 0.277 e. The maximum absolute atomic E-state index is 13.2. The highest BCUT2D eigenvalue weighted by Crippen LogP contribution is 2.43. The molecule has 130 valence electrons. The predicted octanol–water partition coefficient (Wildman–Crippen LogP) is 3.32. The van der Waals surface area contributed by atoms with Crippen LogP contribution in [0.4, 0.5) is 5.82 Å². The van der Waals surface area contributed by atoms with Crippen molar-refractivity contribution in [2.45, 2.75) is 25.2 Å². The third-order valence-electron chi connectivity index (χ3n) is 5.08. The van der Waals surface area contributed by atoms with Crippen molar-refractivity contribution in [3.8, 4) is 5.69 Å². The first-order chi connectivity index (χ1) is 12.7. The van der Waals surface area contributed by atoms with Crippen molar-refractivity contribution in [1.29, 1.82) is 0 Å². The van der Waals surface area contributed by atoms with Gasteiger partial charge in [0.05, 0.1) is 23.4 Å². The van der Waals surface area contributed by atoms with Crippen molar-refractivity contribution in [2.75, 3.05) is 5.32 Å². The van der Waals surface area contributed by atoms with Gasteiger partial charge < -0.3 is 9.73 Å². The zero-order valence-electron chi connectivity index (χ0n) is 14.0. The summed E-state index contributed by atoms with van der Waals surface area (Å²) in [7, 11) is 0. The third kappa shape index (κ3) is 2.12. The number of hydrogen-bond donors (Lipinski definition) is 2. The Kier molecular flexibility index (Phi) is 3.25. The van der Waals surface area contributed by atoms with Crippen molar-refractivity contribution in [2.24, 2.45) is 0 Å². The van der Waals surface area contributed by atoms with E-state index in [9.17, 15) is 9.59 Å². The molecule has 6 heteroatoms. The second kappa shape index (κ2) is 5.62. The third-order valence-corrected chi connectivity index (χ3v) is 5.08. The second-order valence-corrected chi connectivity index (χ2v) is 6.62. The van der Waals surface area contributed by atoms with Gasteiger partial charge in [0.15, 0.2) is 5.78 Å². The Balaban J connectivity index is 1.75. The summed E-state index contributed by atoms with van der Waals surface area (Å²) in [6.45, 7) is 0. The number of ketones is 1. The molecule has 1 aliphatic carbocycles. The summed E-state index contributed by atoms with van der Waals surface area (Å²) in [5.41, 5.74) is 2.64. The molecule has 1 aromatic carbocycles. The fourth-order valence-electron chi connectivity index (χ4n) is 3.94. The molecule has 2 aliphatic rings. The van der Waals surface area contributed by atoms with Gasteiger partial charge in [0, 0.05) is 17.7 Å². The number of fused-ring (bicyclic) bond motifs is 1. The van der Waals surface area contributed by atoms with Crippen LogP contribution in [0.3, 0.4) is 0 Å². The highest BCUT2D eigenvalue weighted by Gasteiger charge is 2.40. The number of carbonyl (C=O) groups is 1. The number of H-pyrrole nitrogens is 1. The lowest BCUT2D eigenvalue weighted by atomic mass is 9.79. The quantitative estimate of drug-likeness (QED) is 0.745. The van der Waals surface area contributed by atoms with Crippen LogP contribution in [0.1, 0.15) is 36.5 Å². The van der Waals surface area contributed by atoms with E-state index in [-0.39, 0.29) is 11.3 Å². The van der Waals surface area contributed by atoms with Gasteiger partial charge >= 0.3 is 0 Å². The Morgan fingerprint density at radius 3 is 2.65 bits per heavy atom. The van der Waals surface area contributed by atoms with Crippen LogP contribution in [-0.2, 0) is 4.79 Å². The fourth-order valence-corrected chi connectivity index (χ4v) is 3.94. The molecule has 0 amide bonds. The molecule has 1 aliphatic heterocycles. The van der Waals surface area contributed by atoms with E-state index >= 15 is 0 Å². The van der Waals surface area contributed by atoms with Crippen LogP contribution in [0.25, 0.3) is 5.69 Å². The van der Waals surface area contributed by atoms with Gasteiger partial charge in [-0.2, -0.15) is 0 Å². The Morgan fingerprint density at radius 1 is 1.04 bits per heavy atom. The van der Waals surface area contributed by atoms with Gasteiger partial charge in [-0.25, -0.2) is 4.68 Å². The van der Waals surface area contributed by atoms with Crippen LogP contribution in [0.15, 0.2) is 69.2 Å². The van der Waals surface area contributed by atoms with Crippen LogP contribution in [0.5, 0.6) is 0 Å². The number of benzene rings is 1. The van der Waals surface area contributed by atoms with Gasteiger partial charge in [0.2, 0.25) is 0 Å². The van der Waals surface area contributed by atoms with E-state index in [0.717, 1.165) is 24.2 Å². The molecule has 0 fully saturated rings. The highest BCUT2D eigenvalue weighted by molar-refractivity contribution is 6.00. The second-order valence-electron chi connectivity index (χ2n) is 6.62. The Hall–Kier alpha value is -3.28. The van der Waals surface area contributed by atoms with Gasteiger partial charge in [-0.05, 0) is 37.1 Å². The first-order valence-corrected chi connectivity index (χ1v) is 8.71. The number of nitrogens with one attached hydrogen (secondary N) is 2. The molecule has 1 unspecified atom stereocenters. The van der Waals surface area contributed by atoms with Gasteiger partial charge in [-0.1, -0.05) is 18.2 Å². The molecule has 0 spiro atoms. The van der Waals surface area contributed by atoms with E-state index in [2.05, 4.69) is 10.4 Å². The number of rotatable bonds is 2. The number of Topliss-reactive ketones (excluding diaryl/α,β-unsaturated/α-hetero) is 1. The number of aromatic nitrogens is 2. The molecule has 26 heavy (non-hydrogen) atoms. The van der Waals surface area contributed by atoms with Crippen LogP contribution in [-0.4, -0.2) is 15.6 Å². The van der Waals surface area contributed by atoms with Crippen molar-refractivity contribution in [3.63, 3.8) is 0 Å². The topological polar surface area (TPSA) is 80.0 Å². The Morgan fingerprint density at radius 2 is 1.88 bits per heavy atom. The number of para-hydroxylation sites is 1. The molecule has 0 saturated carbocycles. The molecule has 5 rings (SSSR count). The minimum Gasteiger partial charge on any atom is -0.468 e. The smallest absolute Gasteiger partial charge is 0.277 e. The first kappa shape index (κ1) is 15.0. The number of allylic oxidation sites excluding steroid dienone is 2. The van der Waals surface area contributed by atoms with E-state index in [1.54, 1.807) is 12.3 Å². The molecular weight excluding hydrogens is 330 g/mol. The molecule has 1 atom stereocenters. The summed E-state index contributed by atoms with van der Waals surface area (Å²) >= 11 is 0. The van der Waals surface area contributed by atoms with Gasteiger partial charge in [-0.3, -0.25) is 14.7 Å². The molecule has 0 radical (unpaired) electrons. The summed E-state index contributed by atoms with van der Waals surface area (Å²) in [6, 6.07) is 13.0. The largest absolute Gasteiger partial charge is 0.468 e. The van der Waals surface area contributed by atoms with Gasteiger partial charge in [-0.15, -0.1) is 0 Å². The summed E-state index contributed by atoms with van der Waals surface area (Å²) in [5.74, 6) is 0.857. The lowest BCUT2D eigenvalue weighted by Gasteiger charge is -2.29. The van der Waals surface area contributed by atoms with E-state index in [4.69, 9.17) is 4.42 Å². The lowest BCUT2D eigenvalue weighted by Crippen LogP contribution is -2.29. The lowest BCUT2D eigenvalue weighted by molar-refractivity contribution is -0.116. The zero-order valence-corrected chi connectivity index (χ0v) is 14.0. The monoisotopic (exact) mass is 347 g/mol. The Labute approximate surface area is 149 Å². The normalized spacial score (nSPS) is 19.1. The van der Waals surface area contributed by atoms with E-state index in [0.29, 0.717) is 29.1 Å². The number of carbonyl (C=O) groups excluding carboxylic acids is 1. The summed E-state index contributed by atoms with van der Waals surface area (Å²) in [5, 5.41) is 6.46. The molecule has 3 heterocycles. The maximum atomic E-state index is 13.2. The standard InChI is InChI=1S/C20H17N3O3/c24-14-9-4-8-13-16(14)17(15-10-5-11-26-15)18-19(21-13)22-23(20(18)25)12-6-2-1-3-7-12/h1-3,5-7,10-11,17,21-22H,4,8-9H2. The average molecular weight is 347 g/mol. The number of furan rings is 1. The minimum atomic E-state index is -0.474. The SMILES string of the molecule is O=C1CCCC2=C1C(c1ccco1)c1c([nH]n(-c3ccccc3)c1=O)N2. The van der Waals surface area contributed by atoms with Crippen LogP contribution in [0, 0.1) is 0 Å². The number of aromatic amines is 1. The molecule has 2 N–H and O–H groups in total. The van der Waals surface area contributed by atoms with E-state index in [1.165, 1.54) is 4.68 Å². The van der Waals surface area contributed by atoms with Crippen LogP contribution in [0.2, 0.25) is 0 Å². The van der Waals surface area contributed by atoms with Crippen LogP contribution < -0.4 is 10.9 Å². The zero-order chi connectivity index (χ0) is 17.7. The van der Waals surface area contributed by atoms with E-state index < -0.39 is 5.92 Å². The van der Waals surface area contributed by atoms with Gasteiger partial charge in [0.1, 0.15) is 11.6 Å². The molecule has 0 saturated heterocycles. The molecule has 6 nitrogen and oxygen atoms in total. The summed E-state index contributed by atoms with van der Waals surface area (Å²) in [6.07, 6.45) is 3.68. The predicted molar refractivity (Wildman–Crippen MR) is 96.4 cm³/mol. The Bertz CT molecular complexity index is 1070. The number of nitrogens with zero attached hydrogens (tertiary/aromatic N) is 1.